The molecule has 0 aromatic carbocycles. The van der Waals surface area contributed by atoms with Gasteiger partial charge in [-0.3, -0.25) is 4.79 Å². The molecule has 4 nitrogen and oxygen atoms in total. The molecule has 0 aliphatic rings. The summed E-state index contributed by atoms with van der Waals surface area (Å²) in [6, 6.07) is 0. The first-order chi connectivity index (χ1) is 11.7. The molecule has 4 heteroatoms. The highest BCUT2D eigenvalue weighted by molar-refractivity contribution is 5.70. The van der Waals surface area contributed by atoms with Crippen molar-refractivity contribution in [2.45, 2.75) is 108 Å². The molecule has 0 aromatic rings. The predicted octanol–water partition coefficient (Wildman–Crippen LogP) is 6.26. The highest BCUT2D eigenvalue weighted by Crippen LogP contribution is 2.28. The molecule has 1 amide bonds. The van der Waals surface area contributed by atoms with Crippen LogP contribution >= 0.6 is 0 Å². The normalized spacial score (nSPS) is 10.1. The average molecular weight is 378 g/mol. The Morgan fingerprint density at radius 1 is 1.00 bits per heavy atom. The number of hydrogen-bond acceptors (Lipinski definition) is 3. The first-order valence-electron chi connectivity index (χ1n) is 9.90. The fourth-order valence-corrected chi connectivity index (χ4v) is 0.650. The van der Waals surface area contributed by atoms with E-state index < -0.39 is 0 Å². The highest BCUT2D eigenvalue weighted by atomic mass is 16.5. The Kier molecular flexibility index (Phi) is 30.7. The van der Waals surface area contributed by atoms with Crippen molar-refractivity contribution in [1.29, 1.82) is 0 Å². The summed E-state index contributed by atoms with van der Waals surface area (Å²) in [5.74, 6) is 1.22. The van der Waals surface area contributed by atoms with Gasteiger partial charge < -0.3 is 15.3 Å². The summed E-state index contributed by atoms with van der Waals surface area (Å²) in [6.45, 7) is 30.3. The Labute approximate surface area is 165 Å². The number of carbonyl (C=O) groups is 2. The van der Waals surface area contributed by atoms with Crippen LogP contribution in [0.1, 0.15) is 103 Å². The van der Waals surface area contributed by atoms with Crippen LogP contribution in [0.15, 0.2) is 0 Å². The molecule has 0 saturated heterocycles. The molecule has 0 atom stereocenters. The third kappa shape index (κ3) is 38.6. The predicted molar refractivity (Wildman–Crippen MR) is 117 cm³/mol. The van der Waals surface area contributed by atoms with Crippen molar-refractivity contribution < 1.29 is 14.3 Å². The Morgan fingerprint density at radius 3 is 1.42 bits per heavy atom. The number of hydrogen-bond donors (Lipinski definition) is 1. The first kappa shape index (κ1) is 36.1. The molecule has 162 valence electrons. The van der Waals surface area contributed by atoms with Gasteiger partial charge in [-0.1, -0.05) is 75.7 Å². The van der Waals surface area contributed by atoms with Crippen LogP contribution in [0, 0.1) is 17.3 Å². The molecular formula is C22H51NO3. The molecule has 0 saturated carbocycles. The van der Waals surface area contributed by atoms with E-state index in [2.05, 4.69) is 75.0 Å². The summed E-state index contributed by atoms with van der Waals surface area (Å²) in [7, 11) is 0. The molecule has 0 radical (unpaired) electrons. The fourth-order valence-electron chi connectivity index (χ4n) is 0.650. The van der Waals surface area contributed by atoms with Gasteiger partial charge in [0.2, 0.25) is 5.91 Å². The number of rotatable bonds is 6. The zero-order chi connectivity index (χ0) is 22.6. The van der Waals surface area contributed by atoms with Crippen molar-refractivity contribution in [3.8, 4) is 0 Å². The van der Waals surface area contributed by atoms with E-state index in [1.165, 1.54) is 13.3 Å². The van der Waals surface area contributed by atoms with Crippen molar-refractivity contribution in [2.24, 2.45) is 23.0 Å². The molecule has 2 N–H and O–H groups in total. The zero-order valence-corrected chi connectivity index (χ0v) is 20.3. The minimum atomic E-state index is -0.333. The lowest BCUT2D eigenvalue weighted by Crippen LogP contribution is -2.32. The molecule has 0 fully saturated rings. The maximum absolute atomic E-state index is 9.22. The standard InChI is InChI=1S/C12H26O.C5H12.C2H5NO.C2H6.CH2O/c1-8-12(6,7)13-9-11(4,5)10(2)3;1-4-5(2)3;1-2(3)4;2*1-2/h10H,8-9H2,1-7H3;5H,4H2,1-3H3;1H3,(H2,3,4);1-2H3;1H2. The minimum absolute atomic E-state index is 0.0339. The largest absolute Gasteiger partial charge is 0.375 e. The van der Waals surface area contributed by atoms with Crippen LogP contribution in [0.3, 0.4) is 0 Å². The van der Waals surface area contributed by atoms with E-state index in [1.807, 2.05) is 20.6 Å². The van der Waals surface area contributed by atoms with E-state index in [0.29, 0.717) is 5.92 Å². The number of ether oxygens (including phenoxy) is 1. The fraction of sp³-hybridized carbons (Fsp3) is 0.909. The molecule has 0 aliphatic heterocycles. The van der Waals surface area contributed by atoms with Crippen LogP contribution in [0.4, 0.5) is 0 Å². The van der Waals surface area contributed by atoms with Crippen molar-refractivity contribution in [2.75, 3.05) is 6.61 Å². The van der Waals surface area contributed by atoms with Crippen molar-refractivity contribution in [3.63, 3.8) is 0 Å². The summed E-state index contributed by atoms with van der Waals surface area (Å²) >= 11 is 0. The third-order valence-electron chi connectivity index (χ3n) is 4.07. The van der Waals surface area contributed by atoms with E-state index in [-0.39, 0.29) is 16.9 Å². The average Bonchev–Trinajstić information content (AvgIpc) is 2.57. The second-order valence-corrected chi connectivity index (χ2v) is 7.96. The van der Waals surface area contributed by atoms with Gasteiger partial charge in [0.15, 0.2) is 0 Å². The van der Waals surface area contributed by atoms with Gasteiger partial charge >= 0.3 is 0 Å². The number of carbonyl (C=O) groups excluding carboxylic acids is 2. The van der Waals surface area contributed by atoms with Gasteiger partial charge in [-0.15, -0.1) is 0 Å². The van der Waals surface area contributed by atoms with Gasteiger partial charge in [-0.2, -0.15) is 0 Å². The smallest absolute Gasteiger partial charge is 0.214 e. The zero-order valence-electron chi connectivity index (χ0n) is 20.3. The Morgan fingerprint density at radius 2 is 1.27 bits per heavy atom. The van der Waals surface area contributed by atoms with Crippen molar-refractivity contribution in [1.82, 2.24) is 0 Å². The molecule has 0 heterocycles. The molecule has 0 aromatic heterocycles. The Bertz CT molecular complexity index is 281. The van der Waals surface area contributed by atoms with E-state index in [4.69, 9.17) is 9.53 Å². The molecular weight excluding hydrogens is 326 g/mol. The number of primary amides is 1. The highest BCUT2D eigenvalue weighted by Gasteiger charge is 2.26. The lowest BCUT2D eigenvalue weighted by Gasteiger charge is -2.34. The van der Waals surface area contributed by atoms with Crippen molar-refractivity contribution >= 4 is 12.7 Å². The third-order valence-corrected chi connectivity index (χ3v) is 4.07. The maximum atomic E-state index is 9.22. The van der Waals surface area contributed by atoms with Crippen LogP contribution in [-0.2, 0) is 14.3 Å². The molecule has 0 unspecified atom stereocenters. The summed E-state index contributed by atoms with van der Waals surface area (Å²) in [5, 5.41) is 0. The minimum Gasteiger partial charge on any atom is -0.375 e. The maximum Gasteiger partial charge on any atom is 0.214 e. The first-order valence-corrected chi connectivity index (χ1v) is 9.90. The Balaban J connectivity index is -0.0000000933. The van der Waals surface area contributed by atoms with Crippen LogP contribution in [0.5, 0.6) is 0 Å². The Hall–Kier alpha value is -0.900. The van der Waals surface area contributed by atoms with Gasteiger partial charge in [-0.25, -0.2) is 0 Å². The second kappa shape index (κ2) is 22.1. The van der Waals surface area contributed by atoms with Gasteiger partial charge in [0.25, 0.3) is 0 Å². The number of nitrogens with two attached hydrogens (primary N) is 1. The quantitative estimate of drug-likeness (QED) is 0.594. The van der Waals surface area contributed by atoms with E-state index in [0.717, 1.165) is 18.9 Å². The molecule has 26 heavy (non-hydrogen) atoms. The van der Waals surface area contributed by atoms with E-state index in [9.17, 15) is 4.79 Å². The molecule has 0 aliphatic carbocycles. The van der Waals surface area contributed by atoms with Gasteiger partial charge in [0.1, 0.15) is 6.79 Å². The van der Waals surface area contributed by atoms with Crippen LogP contribution < -0.4 is 5.73 Å². The van der Waals surface area contributed by atoms with Crippen LogP contribution in [0.2, 0.25) is 0 Å². The molecule has 0 spiro atoms. The van der Waals surface area contributed by atoms with Crippen molar-refractivity contribution in [3.05, 3.63) is 0 Å². The van der Waals surface area contributed by atoms with Gasteiger partial charge in [-0.05, 0) is 37.5 Å². The summed E-state index contributed by atoms with van der Waals surface area (Å²) in [5.41, 5.74) is 4.79. The number of amides is 1. The second-order valence-electron chi connectivity index (χ2n) is 7.96. The lowest BCUT2D eigenvalue weighted by atomic mass is 9.82. The SMILES string of the molecule is C=O.CC.CC(N)=O.CCC(C)(C)OCC(C)(C)C(C)C.CCC(C)C. The van der Waals surface area contributed by atoms with E-state index in [1.54, 1.807) is 0 Å². The summed E-state index contributed by atoms with van der Waals surface area (Å²) in [6.07, 6.45) is 2.38. The van der Waals surface area contributed by atoms with Crippen LogP contribution in [-0.4, -0.2) is 24.9 Å². The molecule has 0 rings (SSSR count). The molecule has 0 bridgehead atoms. The van der Waals surface area contributed by atoms with Gasteiger partial charge in [0, 0.05) is 6.92 Å². The monoisotopic (exact) mass is 377 g/mol. The van der Waals surface area contributed by atoms with Crippen LogP contribution in [0.25, 0.3) is 0 Å². The summed E-state index contributed by atoms with van der Waals surface area (Å²) < 4.78 is 5.90. The van der Waals surface area contributed by atoms with Gasteiger partial charge in [0.05, 0.1) is 12.2 Å². The lowest BCUT2D eigenvalue weighted by molar-refractivity contribution is -0.116. The topological polar surface area (TPSA) is 69.4 Å². The van der Waals surface area contributed by atoms with E-state index >= 15 is 0 Å². The summed E-state index contributed by atoms with van der Waals surface area (Å²) in [4.78, 5) is 17.2.